The van der Waals surface area contributed by atoms with Gasteiger partial charge in [-0.05, 0) is 79.8 Å². The molecule has 0 amide bonds. The Hall–Kier alpha value is -2.43. The lowest BCUT2D eigenvalue weighted by Gasteiger charge is -2.36. The number of rotatable bonds is 9. The van der Waals surface area contributed by atoms with Gasteiger partial charge in [0, 0.05) is 39.5 Å². The number of hydrogen-bond acceptors (Lipinski definition) is 7. The summed E-state index contributed by atoms with van der Waals surface area (Å²) in [6.45, 7) is 2.97. The van der Waals surface area contributed by atoms with Crippen LogP contribution in [0.2, 0.25) is 0 Å². The first-order valence-electron chi connectivity index (χ1n) is 12.4. The molecule has 2 aromatic heterocycles. The molecule has 1 aliphatic rings. The zero-order chi connectivity index (χ0) is 26.2. The molecule has 0 bridgehead atoms. The van der Waals surface area contributed by atoms with Crippen molar-refractivity contribution < 1.29 is 0 Å². The Labute approximate surface area is 231 Å². The number of hydroxylamine groups is 2. The van der Waals surface area contributed by atoms with Gasteiger partial charge >= 0.3 is 0 Å². The van der Waals surface area contributed by atoms with Crippen molar-refractivity contribution in [3.05, 3.63) is 70.1 Å². The van der Waals surface area contributed by atoms with E-state index >= 15 is 0 Å². The number of aromatic nitrogens is 3. The van der Waals surface area contributed by atoms with Crippen LogP contribution in [0.15, 0.2) is 64.5 Å². The van der Waals surface area contributed by atoms with E-state index in [1.807, 2.05) is 37.4 Å². The molecule has 0 radical (unpaired) electrons. The van der Waals surface area contributed by atoms with Gasteiger partial charge in [-0.3, -0.25) is 0 Å². The third-order valence-corrected chi connectivity index (χ3v) is 8.72. The molecule has 192 valence electrons. The van der Waals surface area contributed by atoms with E-state index in [0.717, 1.165) is 50.9 Å². The second kappa shape index (κ2) is 10.7. The summed E-state index contributed by atoms with van der Waals surface area (Å²) < 4.78 is 2.67. The topological polar surface area (TPSA) is 65.8 Å². The van der Waals surface area contributed by atoms with Crippen LogP contribution in [0.25, 0.3) is 22.2 Å². The summed E-state index contributed by atoms with van der Waals surface area (Å²) in [7, 11) is 1.67. The molecule has 0 spiro atoms. The zero-order valence-electron chi connectivity index (χ0n) is 21.5. The molecule has 9 heteroatoms. The minimum atomic E-state index is -0.381. The minimum absolute atomic E-state index is 0.381. The monoisotopic (exact) mass is 549 g/mol. The van der Waals surface area contributed by atoms with Crippen molar-refractivity contribution in [2.75, 3.05) is 31.4 Å². The molecule has 2 heterocycles. The lowest BCUT2D eigenvalue weighted by molar-refractivity contribution is 0.470. The van der Waals surface area contributed by atoms with Gasteiger partial charge in [0.15, 0.2) is 0 Å². The van der Waals surface area contributed by atoms with Gasteiger partial charge in [-0.25, -0.2) is 4.98 Å². The highest BCUT2D eigenvalue weighted by Gasteiger charge is 2.27. The predicted octanol–water partition coefficient (Wildman–Crippen LogP) is 7.67. The quantitative estimate of drug-likeness (QED) is 0.0994. The Morgan fingerprint density at radius 3 is 2.35 bits per heavy atom. The smallest absolute Gasteiger partial charge is 0.224 e. The number of hydrogen-bond donors (Lipinski definition) is 1. The summed E-state index contributed by atoms with van der Waals surface area (Å²) in [5, 5.41) is 16.8. The van der Waals surface area contributed by atoms with Gasteiger partial charge in [0.1, 0.15) is 16.0 Å². The van der Waals surface area contributed by atoms with Gasteiger partial charge in [0.2, 0.25) is 5.95 Å². The summed E-state index contributed by atoms with van der Waals surface area (Å²) in [6, 6.07) is 16.9. The molecule has 6 nitrogen and oxygen atoms in total. The molecule has 1 atom stereocenters. The van der Waals surface area contributed by atoms with Crippen LogP contribution in [0.5, 0.6) is 0 Å². The fourth-order valence-electron chi connectivity index (χ4n) is 4.34. The van der Waals surface area contributed by atoms with E-state index in [4.69, 9.17) is 17.2 Å². The Balaban J connectivity index is 1.47. The molecule has 0 saturated heterocycles. The van der Waals surface area contributed by atoms with Gasteiger partial charge < -0.3 is 19.7 Å². The zero-order valence-corrected chi connectivity index (χ0v) is 24.0. The van der Waals surface area contributed by atoms with Crippen LogP contribution < -0.4 is 9.96 Å². The van der Waals surface area contributed by atoms with Crippen molar-refractivity contribution in [1.29, 1.82) is 0 Å². The Kier molecular flexibility index (Phi) is 7.60. The van der Waals surface area contributed by atoms with Gasteiger partial charge in [0.25, 0.3) is 0 Å². The summed E-state index contributed by atoms with van der Waals surface area (Å²) in [6.07, 6.45) is 8.32. The van der Waals surface area contributed by atoms with Crippen LogP contribution in [0.1, 0.15) is 31.4 Å². The van der Waals surface area contributed by atoms with Crippen LogP contribution >= 0.6 is 35.7 Å². The SMILES string of the molecule is CC[N+](C)([O-])c1ccc(CNc2ncc3cc(-c4cc(SC)cc(SC)c4)c(=S)n(C4CC4)c3n2)cc1. The average Bonchev–Trinajstić information content (AvgIpc) is 3.76. The van der Waals surface area contributed by atoms with Gasteiger partial charge in [-0.1, -0.05) is 24.4 Å². The van der Waals surface area contributed by atoms with Crippen LogP contribution in [0, 0.1) is 9.85 Å². The molecule has 1 N–H and O–H groups in total. The first-order valence-corrected chi connectivity index (χ1v) is 15.2. The predicted molar refractivity (Wildman–Crippen MR) is 161 cm³/mol. The van der Waals surface area contributed by atoms with E-state index in [9.17, 15) is 5.21 Å². The highest BCUT2D eigenvalue weighted by atomic mass is 32.2. The summed E-state index contributed by atoms with van der Waals surface area (Å²) in [5.74, 6) is 0.570. The summed E-state index contributed by atoms with van der Waals surface area (Å²) in [4.78, 5) is 12.0. The van der Waals surface area contributed by atoms with E-state index in [0.29, 0.717) is 25.1 Å². The molecule has 2 aromatic carbocycles. The third-order valence-electron chi connectivity index (χ3n) is 6.88. The highest BCUT2D eigenvalue weighted by Crippen LogP contribution is 2.40. The molecular formula is C28H31N5OS3. The van der Waals surface area contributed by atoms with Crippen LogP contribution in [0.3, 0.4) is 0 Å². The van der Waals surface area contributed by atoms with E-state index < -0.39 is 0 Å². The normalized spacial score (nSPS) is 15.1. The first kappa shape index (κ1) is 26.2. The van der Waals surface area contributed by atoms with E-state index in [1.54, 1.807) is 30.6 Å². The molecule has 4 aromatic rings. The maximum Gasteiger partial charge on any atom is 0.224 e. The average molecular weight is 550 g/mol. The van der Waals surface area contributed by atoms with E-state index in [-0.39, 0.29) is 4.65 Å². The van der Waals surface area contributed by atoms with Crippen molar-refractivity contribution in [2.24, 2.45) is 0 Å². The van der Waals surface area contributed by atoms with Crippen LogP contribution in [-0.2, 0) is 6.54 Å². The molecular weight excluding hydrogens is 519 g/mol. The summed E-state index contributed by atoms with van der Waals surface area (Å²) >= 11 is 9.54. The number of pyridine rings is 1. The standard InChI is InChI=1S/C28H31N5OS3/c1-5-33(2,34)22-10-6-18(7-11-22)16-29-28-30-17-20-14-25(19-12-23(36-3)15-24(13-19)37-4)27(35)32(21-8-9-21)26(20)31-28/h6-7,10-15,17,21H,5,8-9,16H2,1-4H3,(H,29,30,31). The van der Waals surface area contributed by atoms with Crippen molar-refractivity contribution in [2.45, 2.75) is 42.1 Å². The van der Waals surface area contributed by atoms with E-state index in [1.165, 1.54) is 9.79 Å². The Morgan fingerprint density at radius 1 is 1.08 bits per heavy atom. The lowest BCUT2D eigenvalue weighted by Crippen LogP contribution is -2.37. The second-order valence-corrected chi connectivity index (χ2v) is 11.6. The fourth-order valence-corrected chi connectivity index (χ4v) is 5.81. The van der Waals surface area contributed by atoms with Crippen molar-refractivity contribution in [3.63, 3.8) is 0 Å². The van der Waals surface area contributed by atoms with Gasteiger partial charge in [-0.15, -0.1) is 23.5 Å². The minimum Gasteiger partial charge on any atom is -0.628 e. The molecule has 37 heavy (non-hydrogen) atoms. The maximum absolute atomic E-state index is 12.5. The lowest BCUT2D eigenvalue weighted by atomic mass is 10.1. The number of benzene rings is 2. The maximum atomic E-state index is 12.5. The van der Waals surface area contributed by atoms with Crippen LogP contribution in [-0.4, -0.2) is 40.6 Å². The van der Waals surface area contributed by atoms with Crippen molar-refractivity contribution in [3.8, 4) is 11.1 Å². The molecule has 1 saturated carbocycles. The molecule has 5 rings (SSSR count). The summed E-state index contributed by atoms with van der Waals surface area (Å²) in [5.41, 5.74) is 4.88. The highest BCUT2D eigenvalue weighted by molar-refractivity contribution is 7.99. The van der Waals surface area contributed by atoms with Gasteiger partial charge in [0.05, 0.1) is 13.6 Å². The molecule has 1 aliphatic carbocycles. The number of nitrogens with zero attached hydrogens (tertiary/aromatic N) is 4. The Morgan fingerprint density at radius 2 is 1.76 bits per heavy atom. The number of fused-ring (bicyclic) bond motifs is 1. The van der Waals surface area contributed by atoms with E-state index in [2.05, 4.69) is 51.6 Å². The number of anilines is 1. The second-order valence-electron chi connectivity index (χ2n) is 9.48. The molecule has 1 unspecified atom stereocenters. The van der Waals surface area contributed by atoms with Crippen LogP contribution in [0.4, 0.5) is 11.6 Å². The number of thioether (sulfide) groups is 2. The van der Waals surface area contributed by atoms with Gasteiger partial charge in [-0.2, -0.15) is 4.98 Å². The largest absolute Gasteiger partial charge is 0.628 e. The number of nitrogens with one attached hydrogen (secondary N) is 1. The molecule has 1 fully saturated rings. The third kappa shape index (κ3) is 5.56. The fraction of sp³-hybridized carbons (Fsp3) is 0.321. The van der Waals surface area contributed by atoms with Crippen molar-refractivity contribution in [1.82, 2.24) is 19.2 Å². The first-order chi connectivity index (χ1) is 17.8. The van der Waals surface area contributed by atoms with Crippen molar-refractivity contribution >= 4 is 58.4 Å². The number of quaternary nitrogens is 1. The Bertz CT molecular complexity index is 1470. The molecule has 0 aliphatic heterocycles.